The summed E-state index contributed by atoms with van der Waals surface area (Å²) in [5.74, 6) is 0. The van der Waals surface area contributed by atoms with E-state index in [1.165, 1.54) is 0 Å². The molecule has 0 fully saturated rings. The summed E-state index contributed by atoms with van der Waals surface area (Å²) in [6.45, 7) is -1.88. The summed E-state index contributed by atoms with van der Waals surface area (Å²) < 4.78 is 73.8. The third-order valence-electron chi connectivity index (χ3n) is 1.62. The van der Waals surface area contributed by atoms with Crippen molar-refractivity contribution in [2.75, 3.05) is 13.2 Å². The van der Waals surface area contributed by atoms with Gasteiger partial charge in [-0.2, -0.15) is 26.3 Å². The molecule has 0 aliphatic carbocycles. The number of alkyl halides is 6. The third-order valence-corrected chi connectivity index (χ3v) is 1.62. The van der Waals surface area contributed by atoms with Crippen LogP contribution in [0, 0.1) is 0 Å². The molecule has 0 saturated heterocycles. The van der Waals surface area contributed by atoms with Gasteiger partial charge in [-0.05, 0) is 12.8 Å². The molecular formula is C8H12F6O2. The molecule has 0 aromatic rings. The zero-order valence-corrected chi connectivity index (χ0v) is 8.24. The van der Waals surface area contributed by atoms with Crippen LogP contribution >= 0.6 is 0 Å². The predicted octanol–water partition coefficient (Wildman–Crippen LogP) is 2.66. The highest BCUT2D eigenvalue weighted by Gasteiger charge is 2.29. The Bertz CT molecular complexity index is 188. The van der Waals surface area contributed by atoms with E-state index in [0.717, 1.165) is 0 Å². The molecule has 2 nitrogen and oxygen atoms in total. The summed E-state index contributed by atoms with van der Waals surface area (Å²) in [6, 6.07) is 0. The van der Waals surface area contributed by atoms with Gasteiger partial charge in [0.2, 0.25) is 0 Å². The molecule has 0 aromatic carbocycles. The van der Waals surface area contributed by atoms with Gasteiger partial charge in [0.15, 0.2) is 0 Å². The van der Waals surface area contributed by atoms with Gasteiger partial charge in [-0.1, -0.05) is 0 Å². The molecule has 0 radical (unpaired) electrons. The molecule has 1 unspecified atom stereocenters. The molecular weight excluding hydrogens is 242 g/mol. The molecule has 1 atom stereocenters. The van der Waals surface area contributed by atoms with Crippen molar-refractivity contribution < 1.29 is 36.2 Å². The molecule has 0 heterocycles. The van der Waals surface area contributed by atoms with E-state index in [4.69, 9.17) is 5.11 Å². The van der Waals surface area contributed by atoms with Crippen LogP contribution in [-0.4, -0.2) is 36.8 Å². The number of hydrogen-bond acceptors (Lipinski definition) is 2. The van der Waals surface area contributed by atoms with Gasteiger partial charge < -0.3 is 9.84 Å². The summed E-state index contributed by atoms with van der Waals surface area (Å²) in [5, 5.41) is 8.98. The second-order valence-electron chi connectivity index (χ2n) is 3.26. The van der Waals surface area contributed by atoms with Crippen LogP contribution in [0.25, 0.3) is 0 Å². The van der Waals surface area contributed by atoms with Gasteiger partial charge in [0.25, 0.3) is 0 Å². The van der Waals surface area contributed by atoms with Gasteiger partial charge in [-0.25, -0.2) is 0 Å². The highest BCUT2D eigenvalue weighted by molar-refractivity contribution is 4.60. The summed E-state index contributed by atoms with van der Waals surface area (Å²) in [6.07, 6.45) is -12.1. The van der Waals surface area contributed by atoms with Crippen molar-refractivity contribution in [1.29, 1.82) is 0 Å². The lowest BCUT2D eigenvalue weighted by Gasteiger charge is -2.13. The predicted molar refractivity (Wildman–Crippen MR) is 42.8 cm³/mol. The fourth-order valence-corrected chi connectivity index (χ4v) is 0.882. The number of halogens is 6. The Morgan fingerprint density at radius 2 is 1.50 bits per heavy atom. The van der Waals surface area contributed by atoms with Crippen LogP contribution in [0.5, 0.6) is 0 Å². The molecule has 0 amide bonds. The maximum absolute atomic E-state index is 11.7. The molecule has 0 spiro atoms. The van der Waals surface area contributed by atoms with E-state index in [-0.39, 0.29) is 6.42 Å². The average Bonchev–Trinajstić information content (AvgIpc) is 2.06. The Morgan fingerprint density at radius 1 is 0.938 bits per heavy atom. The van der Waals surface area contributed by atoms with E-state index in [1.807, 2.05) is 0 Å². The molecule has 0 aliphatic rings. The molecule has 0 bridgehead atoms. The van der Waals surface area contributed by atoms with E-state index < -0.39 is 44.5 Å². The Balaban J connectivity index is 3.48. The van der Waals surface area contributed by atoms with E-state index >= 15 is 0 Å². The topological polar surface area (TPSA) is 29.5 Å². The van der Waals surface area contributed by atoms with Crippen molar-refractivity contribution >= 4 is 0 Å². The van der Waals surface area contributed by atoms with Crippen molar-refractivity contribution in [2.45, 2.75) is 37.7 Å². The first-order valence-corrected chi connectivity index (χ1v) is 4.49. The van der Waals surface area contributed by atoms with Crippen molar-refractivity contribution in [1.82, 2.24) is 0 Å². The number of ether oxygens (including phenoxy) is 1. The first-order chi connectivity index (χ1) is 7.10. The van der Waals surface area contributed by atoms with Gasteiger partial charge in [0, 0.05) is 13.0 Å². The highest BCUT2D eigenvalue weighted by Crippen LogP contribution is 2.23. The smallest absolute Gasteiger partial charge is 0.393 e. The highest BCUT2D eigenvalue weighted by atomic mass is 19.4. The van der Waals surface area contributed by atoms with Crippen LogP contribution in [0.15, 0.2) is 0 Å². The maximum atomic E-state index is 11.7. The molecule has 0 saturated carbocycles. The normalized spacial score (nSPS) is 15.2. The number of aliphatic hydroxyl groups is 1. The molecule has 0 aliphatic heterocycles. The van der Waals surface area contributed by atoms with Gasteiger partial charge in [-0.15, -0.1) is 0 Å². The van der Waals surface area contributed by atoms with Crippen LogP contribution in [0.2, 0.25) is 0 Å². The Labute approximate surface area is 88.2 Å². The second-order valence-corrected chi connectivity index (χ2v) is 3.26. The standard InChI is InChI=1S/C8H12F6O2/c9-7(10,11)3-1-6(15)2-4-16-5-8(12,13)14/h6,15H,1-5H2. The largest absolute Gasteiger partial charge is 0.411 e. The van der Waals surface area contributed by atoms with E-state index in [9.17, 15) is 26.3 Å². The van der Waals surface area contributed by atoms with Gasteiger partial charge in [-0.3, -0.25) is 0 Å². The van der Waals surface area contributed by atoms with Gasteiger partial charge in [0.1, 0.15) is 6.61 Å². The minimum absolute atomic E-state index is 0.244. The summed E-state index contributed by atoms with van der Waals surface area (Å²) in [5.41, 5.74) is 0. The monoisotopic (exact) mass is 254 g/mol. The Kier molecular flexibility index (Phi) is 6.09. The van der Waals surface area contributed by atoms with E-state index in [2.05, 4.69) is 4.74 Å². The quantitative estimate of drug-likeness (QED) is 0.583. The van der Waals surface area contributed by atoms with E-state index in [0.29, 0.717) is 0 Å². The zero-order chi connectivity index (χ0) is 12.8. The molecule has 16 heavy (non-hydrogen) atoms. The SMILES string of the molecule is OC(CCOCC(F)(F)F)CCC(F)(F)F. The van der Waals surface area contributed by atoms with Gasteiger partial charge >= 0.3 is 12.4 Å². The zero-order valence-electron chi connectivity index (χ0n) is 8.24. The van der Waals surface area contributed by atoms with Crippen LogP contribution < -0.4 is 0 Å². The summed E-state index contributed by atoms with van der Waals surface area (Å²) >= 11 is 0. The lowest BCUT2D eigenvalue weighted by Crippen LogP contribution is -2.20. The fraction of sp³-hybridized carbons (Fsp3) is 1.00. The van der Waals surface area contributed by atoms with Crippen molar-refractivity contribution in [3.63, 3.8) is 0 Å². The molecule has 8 heteroatoms. The first kappa shape index (κ1) is 15.5. The number of aliphatic hydroxyl groups excluding tert-OH is 1. The third kappa shape index (κ3) is 11.6. The van der Waals surface area contributed by atoms with E-state index in [1.54, 1.807) is 0 Å². The lowest BCUT2D eigenvalue weighted by atomic mass is 10.1. The van der Waals surface area contributed by atoms with Crippen molar-refractivity contribution in [3.05, 3.63) is 0 Å². The van der Waals surface area contributed by atoms with Crippen LogP contribution in [0.1, 0.15) is 19.3 Å². The number of rotatable bonds is 6. The summed E-state index contributed by atoms with van der Waals surface area (Å²) in [7, 11) is 0. The minimum atomic E-state index is -4.46. The van der Waals surface area contributed by atoms with Crippen LogP contribution in [0.4, 0.5) is 26.3 Å². The maximum Gasteiger partial charge on any atom is 0.411 e. The fourth-order valence-electron chi connectivity index (χ4n) is 0.882. The summed E-state index contributed by atoms with van der Waals surface area (Å²) in [4.78, 5) is 0. The molecule has 0 rings (SSSR count). The Hall–Kier alpha value is -0.500. The van der Waals surface area contributed by atoms with Crippen LogP contribution in [0.3, 0.4) is 0 Å². The molecule has 0 aromatic heterocycles. The molecule has 1 N–H and O–H groups in total. The molecule has 98 valence electrons. The van der Waals surface area contributed by atoms with Crippen molar-refractivity contribution in [3.8, 4) is 0 Å². The lowest BCUT2D eigenvalue weighted by molar-refractivity contribution is -0.175. The minimum Gasteiger partial charge on any atom is -0.393 e. The van der Waals surface area contributed by atoms with Crippen molar-refractivity contribution in [2.24, 2.45) is 0 Å². The average molecular weight is 254 g/mol. The number of hydrogen-bond donors (Lipinski definition) is 1. The van der Waals surface area contributed by atoms with Gasteiger partial charge in [0.05, 0.1) is 6.10 Å². The Morgan fingerprint density at radius 3 is 1.94 bits per heavy atom. The second kappa shape index (κ2) is 6.29. The first-order valence-electron chi connectivity index (χ1n) is 4.49. The van der Waals surface area contributed by atoms with Crippen LogP contribution in [-0.2, 0) is 4.74 Å².